The first-order valence-corrected chi connectivity index (χ1v) is 16.0. The normalized spacial score (nSPS) is 17.8. The molecule has 0 bridgehead atoms. The Morgan fingerprint density at radius 2 is 1.11 bits per heavy atom. The summed E-state index contributed by atoms with van der Waals surface area (Å²) >= 11 is 0. The largest absolute Gasteiger partial charge is 0.494 e. The van der Waals surface area contributed by atoms with E-state index in [0.29, 0.717) is 71.8 Å². The van der Waals surface area contributed by atoms with Gasteiger partial charge in [0.2, 0.25) is 0 Å². The number of carbonyl (C=O) groups is 4. The zero-order valence-electron chi connectivity index (χ0n) is 27.3. The number of carboxylic acid groups (broad SMARTS) is 2. The van der Waals surface area contributed by atoms with Crippen LogP contribution in [-0.4, -0.2) is 151 Å². The van der Waals surface area contributed by atoms with Crippen molar-refractivity contribution in [3.8, 4) is 5.75 Å². The lowest BCUT2D eigenvalue weighted by molar-refractivity contribution is -0.151. The van der Waals surface area contributed by atoms with E-state index in [9.17, 15) is 29.4 Å². The summed E-state index contributed by atoms with van der Waals surface area (Å²) in [5.74, 6) is -1.94. The van der Waals surface area contributed by atoms with Crippen molar-refractivity contribution in [2.24, 2.45) is 0 Å². The molecule has 13 heteroatoms. The Hall–Kier alpha value is -3.26. The Morgan fingerprint density at radius 1 is 0.667 bits per heavy atom. The average molecular weight is 637 g/mol. The van der Waals surface area contributed by atoms with Crippen LogP contribution >= 0.6 is 0 Å². The molecule has 0 amide bonds. The molecule has 2 atom stereocenters. The third kappa shape index (κ3) is 13.7. The van der Waals surface area contributed by atoms with Gasteiger partial charge < -0.3 is 24.4 Å². The van der Waals surface area contributed by atoms with E-state index < -0.39 is 30.0 Å². The van der Waals surface area contributed by atoms with Gasteiger partial charge in [-0.3, -0.25) is 38.8 Å². The average Bonchev–Trinajstić information content (AvgIpc) is 2.98. The minimum Gasteiger partial charge on any atom is -0.494 e. The molecular formula is C32H52N4O9. The molecule has 2 N–H and O–H groups in total. The molecule has 0 aromatic heterocycles. The van der Waals surface area contributed by atoms with Gasteiger partial charge in [-0.05, 0) is 51.3 Å². The third-order valence-corrected chi connectivity index (χ3v) is 7.76. The standard InChI is InChI=1S/C32H52N4O9/c1-5-9-27(31(41)44-7-3)35-18-14-33(23-29(37)38)16-20-36(21-17-34(15-19-35)24-30(39)40)28(32(42)45-8-4)22-25-10-12-26(13-11-25)43-6-2/h10-13,27-28H,5-9,14-24H2,1-4H3,(H,37,38)(H,39,40). The lowest BCUT2D eigenvalue weighted by atomic mass is 10.0. The van der Waals surface area contributed by atoms with E-state index in [-0.39, 0.29) is 32.3 Å². The van der Waals surface area contributed by atoms with Gasteiger partial charge in [0, 0.05) is 52.4 Å². The molecule has 1 heterocycles. The maximum atomic E-state index is 13.4. The summed E-state index contributed by atoms with van der Waals surface area (Å²) in [6.45, 7) is 10.9. The molecule has 0 saturated carbocycles. The minimum atomic E-state index is -0.973. The van der Waals surface area contributed by atoms with Gasteiger partial charge in [-0.2, -0.15) is 0 Å². The van der Waals surface area contributed by atoms with Crippen LogP contribution in [0.4, 0.5) is 0 Å². The van der Waals surface area contributed by atoms with Crippen molar-refractivity contribution in [2.75, 3.05) is 85.3 Å². The first-order valence-electron chi connectivity index (χ1n) is 16.0. The van der Waals surface area contributed by atoms with Crippen LogP contribution in [0.25, 0.3) is 0 Å². The molecule has 1 fully saturated rings. The zero-order valence-corrected chi connectivity index (χ0v) is 27.3. The summed E-state index contributed by atoms with van der Waals surface area (Å²) in [5.41, 5.74) is 0.906. The van der Waals surface area contributed by atoms with Gasteiger partial charge in [0.25, 0.3) is 0 Å². The van der Waals surface area contributed by atoms with Crippen LogP contribution in [-0.2, 0) is 35.1 Å². The molecule has 45 heavy (non-hydrogen) atoms. The predicted octanol–water partition coefficient (Wildman–Crippen LogP) is 1.68. The van der Waals surface area contributed by atoms with E-state index >= 15 is 0 Å². The number of carbonyl (C=O) groups excluding carboxylic acids is 2. The minimum absolute atomic E-state index is 0.201. The molecule has 0 spiro atoms. The maximum absolute atomic E-state index is 13.4. The zero-order chi connectivity index (χ0) is 33.2. The van der Waals surface area contributed by atoms with E-state index in [1.165, 1.54) is 0 Å². The molecule has 13 nitrogen and oxygen atoms in total. The molecule has 1 aromatic carbocycles. The van der Waals surface area contributed by atoms with Gasteiger partial charge in [0.05, 0.1) is 32.9 Å². The second-order valence-corrected chi connectivity index (χ2v) is 11.0. The first-order chi connectivity index (χ1) is 21.6. The molecule has 1 aromatic rings. The van der Waals surface area contributed by atoms with Crippen LogP contribution in [0.5, 0.6) is 5.75 Å². The smallest absolute Gasteiger partial charge is 0.323 e. The highest BCUT2D eigenvalue weighted by atomic mass is 16.5. The van der Waals surface area contributed by atoms with Gasteiger partial charge >= 0.3 is 23.9 Å². The number of benzene rings is 1. The van der Waals surface area contributed by atoms with Crippen LogP contribution in [0.1, 0.15) is 46.1 Å². The fourth-order valence-corrected chi connectivity index (χ4v) is 5.52. The summed E-state index contributed by atoms with van der Waals surface area (Å²) in [4.78, 5) is 57.5. The van der Waals surface area contributed by atoms with Crippen molar-refractivity contribution >= 4 is 23.9 Å². The number of nitrogens with zero attached hydrogens (tertiary/aromatic N) is 4. The van der Waals surface area contributed by atoms with E-state index in [2.05, 4.69) is 0 Å². The van der Waals surface area contributed by atoms with Gasteiger partial charge in [-0.15, -0.1) is 0 Å². The molecule has 2 rings (SSSR count). The number of hydrogen-bond donors (Lipinski definition) is 2. The summed E-state index contributed by atoms with van der Waals surface area (Å²) in [6.07, 6.45) is 1.67. The van der Waals surface area contributed by atoms with Gasteiger partial charge in [0.15, 0.2) is 0 Å². The monoisotopic (exact) mass is 636 g/mol. The van der Waals surface area contributed by atoms with Gasteiger partial charge in [0.1, 0.15) is 17.8 Å². The Labute approximate surface area is 267 Å². The Bertz CT molecular complexity index is 1020. The van der Waals surface area contributed by atoms with Crippen molar-refractivity contribution in [3.63, 3.8) is 0 Å². The maximum Gasteiger partial charge on any atom is 0.323 e. The van der Waals surface area contributed by atoms with Crippen molar-refractivity contribution < 1.29 is 43.6 Å². The first kappa shape index (κ1) is 37.9. The molecule has 2 unspecified atom stereocenters. The molecule has 254 valence electrons. The van der Waals surface area contributed by atoms with E-state index in [1.54, 1.807) is 13.8 Å². The van der Waals surface area contributed by atoms with Crippen LogP contribution < -0.4 is 4.74 Å². The van der Waals surface area contributed by atoms with Crippen molar-refractivity contribution in [1.29, 1.82) is 0 Å². The predicted molar refractivity (Wildman–Crippen MR) is 168 cm³/mol. The van der Waals surface area contributed by atoms with Crippen molar-refractivity contribution in [2.45, 2.75) is 59.0 Å². The summed E-state index contributed by atoms with van der Waals surface area (Å²) in [5, 5.41) is 19.4. The number of rotatable bonds is 16. The highest BCUT2D eigenvalue weighted by Gasteiger charge is 2.31. The molecule has 0 radical (unpaired) electrons. The number of hydrogen-bond acceptors (Lipinski definition) is 11. The van der Waals surface area contributed by atoms with E-state index in [0.717, 1.165) is 17.7 Å². The Morgan fingerprint density at radius 3 is 1.51 bits per heavy atom. The topological polar surface area (TPSA) is 149 Å². The molecular weight excluding hydrogens is 584 g/mol. The van der Waals surface area contributed by atoms with Gasteiger partial charge in [-0.1, -0.05) is 25.5 Å². The van der Waals surface area contributed by atoms with Crippen LogP contribution in [0.3, 0.4) is 0 Å². The number of carboxylic acids is 2. The van der Waals surface area contributed by atoms with Crippen LogP contribution in [0.15, 0.2) is 24.3 Å². The fraction of sp³-hybridized carbons (Fsp3) is 0.688. The summed E-state index contributed by atoms with van der Waals surface area (Å²) < 4.78 is 16.4. The number of ether oxygens (including phenoxy) is 3. The van der Waals surface area contributed by atoms with E-state index in [4.69, 9.17) is 14.2 Å². The molecule has 1 aliphatic heterocycles. The SMILES string of the molecule is CCCC(C(=O)OCC)N1CCN(CC(=O)O)CCN(C(Cc2ccc(OCC)cc2)C(=O)OCC)CCN(CC(=O)O)CC1. The number of aliphatic carboxylic acids is 2. The quantitative estimate of drug-likeness (QED) is 0.254. The highest BCUT2D eigenvalue weighted by molar-refractivity contribution is 5.76. The second-order valence-electron chi connectivity index (χ2n) is 11.0. The fourth-order valence-electron chi connectivity index (χ4n) is 5.52. The Balaban J connectivity index is 2.41. The Kier molecular flexibility index (Phi) is 17.5. The second kappa shape index (κ2) is 20.7. The summed E-state index contributed by atoms with van der Waals surface area (Å²) in [7, 11) is 0. The molecule has 1 aliphatic rings. The highest BCUT2D eigenvalue weighted by Crippen LogP contribution is 2.18. The molecule has 1 saturated heterocycles. The third-order valence-electron chi connectivity index (χ3n) is 7.76. The van der Waals surface area contributed by atoms with Crippen molar-refractivity contribution in [1.82, 2.24) is 19.6 Å². The summed E-state index contributed by atoms with van der Waals surface area (Å²) in [6, 6.07) is 6.34. The molecule has 0 aliphatic carbocycles. The van der Waals surface area contributed by atoms with Crippen molar-refractivity contribution in [3.05, 3.63) is 29.8 Å². The van der Waals surface area contributed by atoms with Gasteiger partial charge in [-0.25, -0.2) is 0 Å². The van der Waals surface area contributed by atoms with Crippen LogP contribution in [0.2, 0.25) is 0 Å². The van der Waals surface area contributed by atoms with E-state index in [1.807, 2.05) is 57.7 Å². The lowest BCUT2D eigenvalue weighted by Crippen LogP contribution is -2.54. The lowest BCUT2D eigenvalue weighted by Gasteiger charge is -2.37. The number of esters is 2. The van der Waals surface area contributed by atoms with Crippen LogP contribution in [0, 0.1) is 0 Å².